The minimum atomic E-state index is -0.564. The number of likely N-dealkylation sites (N-methyl/N-ethyl adjacent to an activating group) is 1. The van der Waals surface area contributed by atoms with Crippen LogP contribution in [0.1, 0.15) is 12.5 Å². The lowest BCUT2D eigenvalue weighted by molar-refractivity contribution is -0.138. The Hall–Kier alpha value is -3.13. The summed E-state index contributed by atoms with van der Waals surface area (Å²) in [6.45, 7) is 1.95. The molecule has 2 aliphatic heterocycles. The van der Waals surface area contributed by atoms with Crippen LogP contribution in [0.25, 0.3) is 6.08 Å². The molecule has 0 spiro atoms. The van der Waals surface area contributed by atoms with Gasteiger partial charge in [-0.15, -0.1) is 0 Å². The highest BCUT2D eigenvalue weighted by atomic mass is 16.5. The van der Waals surface area contributed by atoms with Gasteiger partial charge in [-0.05, 0) is 36.3 Å². The van der Waals surface area contributed by atoms with E-state index >= 15 is 0 Å². The number of nitriles is 1. The van der Waals surface area contributed by atoms with Gasteiger partial charge in [-0.25, -0.2) is 0 Å². The molecule has 1 aromatic carbocycles. The number of amides is 2. The van der Waals surface area contributed by atoms with E-state index in [0.717, 1.165) is 21.8 Å². The standard InChI is InChI=1S/C18H14N2O3/c1-11-14(17(21)20(2)18(22)15(11)9-19)8-12-7-13-5-3-4-6-16(13)23-10-12/h3-8H,10H2,1-2H3/b14-8-. The Labute approximate surface area is 133 Å². The van der Waals surface area contributed by atoms with Gasteiger partial charge in [0.15, 0.2) is 0 Å². The molecule has 114 valence electrons. The molecule has 0 unspecified atom stereocenters. The average Bonchev–Trinajstić information content (AvgIpc) is 2.57. The second-order valence-corrected chi connectivity index (χ2v) is 5.38. The number of benzene rings is 1. The van der Waals surface area contributed by atoms with Crippen LogP contribution in [0.5, 0.6) is 5.75 Å². The molecular formula is C18H14N2O3. The number of hydrogen-bond acceptors (Lipinski definition) is 4. The van der Waals surface area contributed by atoms with Gasteiger partial charge in [-0.1, -0.05) is 18.2 Å². The minimum Gasteiger partial charge on any atom is -0.488 e. The maximum atomic E-state index is 12.4. The number of carbonyl (C=O) groups is 2. The van der Waals surface area contributed by atoms with Gasteiger partial charge in [0.2, 0.25) is 0 Å². The summed E-state index contributed by atoms with van der Waals surface area (Å²) >= 11 is 0. The fourth-order valence-electron chi connectivity index (χ4n) is 2.60. The maximum Gasteiger partial charge on any atom is 0.271 e. The molecule has 2 heterocycles. The zero-order valence-corrected chi connectivity index (χ0v) is 12.8. The average molecular weight is 306 g/mol. The summed E-state index contributed by atoms with van der Waals surface area (Å²) in [5, 5.41) is 9.16. The minimum absolute atomic E-state index is 0.00363. The topological polar surface area (TPSA) is 70.4 Å². The predicted octanol–water partition coefficient (Wildman–Crippen LogP) is 2.23. The first kappa shape index (κ1) is 14.8. The summed E-state index contributed by atoms with van der Waals surface area (Å²) in [5.74, 6) is -0.181. The lowest BCUT2D eigenvalue weighted by Crippen LogP contribution is -2.39. The summed E-state index contributed by atoms with van der Waals surface area (Å²) in [4.78, 5) is 25.3. The van der Waals surface area contributed by atoms with E-state index in [9.17, 15) is 9.59 Å². The highest BCUT2D eigenvalue weighted by Gasteiger charge is 2.33. The molecule has 2 aliphatic rings. The van der Waals surface area contributed by atoms with Crippen molar-refractivity contribution >= 4 is 17.9 Å². The lowest BCUT2D eigenvalue weighted by atomic mass is 9.93. The zero-order valence-electron chi connectivity index (χ0n) is 12.8. The molecule has 5 nitrogen and oxygen atoms in total. The Morgan fingerprint density at radius 2 is 2.00 bits per heavy atom. The third-order valence-corrected chi connectivity index (χ3v) is 3.93. The van der Waals surface area contributed by atoms with Gasteiger partial charge in [-0.2, -0.15) is 5.26 Å². The van der Waals surface area contributed by atoms with Gasteiger partial charge in [0, 0.05) is 18.2 Å². The fraction of sp³-hybridized carbons (Fsp3) is 0.167. The van der Waals surface area contributed by atoms with Gasteiger partial charge < -0.3 is 4.74 Å². The fourth-order valence-corrected chi connectivity index (χ4v) is 2.60. The summed E-state index contributed by atoms with van der Waals surface area (Å²) in [6.07, 6.45) is 3.63. The Kier molecular flexibility index (Phi) is 3.59. The first-order valence-electron chi connectivity index (χ1n) is 7.10. The molecule has 0 N–H and O–H groups in total. The number of nitrogens with zero attached hydrogens (tertiary/aromatic N) is 2. The normalized spacial score (nSPS) is 19.3. The number of imide groups is 1. The van der Waals surface area contributed by atoms with Crippen molar-refractivity contribution in [2.75, 3.05) is 13.7 Å². The maximum absolute atomic E-state index is 12.4. The van der Waals surface area contributed by atoms with Gasteiger partial charge in [0.05, 0.1) is 0 Å². The number of para-hydroxylation sites is 1. The van der Waals surface area contributed by atoms with Crippen molar-refractivity contribution < 1.29 is 14.3 Å². The van der Waals surface area contributed by atoms with E-state index in [4.69, 9.17) is 10.00 Å². The Morgan fingerprint density at radius 1 is 1.26 bits per heavy atom. The van der Waals surface area contributed by atoms with Crippen molar-refractivity contribution in [2.24, 2.45) is 0 Å². The Morgan fingerprint density at radius 3 is 2.74 bits per heavy atom. The Balaban J connectivity index is 2.08. The predicted molar refractivity (Wildman–Crippen MR) is 84.1 cm³/mol. The second kappa shape index (κ2) is 5.58. The number of rotatable bonds is 1. The van der Waals surface area contributed by atoms with Crippen LogP contribution in [0, 0.1) is 11.3 Å². The molecule has 1 aromatic rings. The van der Waals surface area contributed by atoms with Gasteiger partial charge in [0.1, 0.15) is 24.0 Å². The molecule has 0 fully saturated rings. The zero-order chi connectivity index (χ0) is 16.6. The highest BCUT2D eigenvalue weighted by molar-refractivity contribution is 6.18. The van der Waals surface area contributed by atoms with Crippen molar-refractivity contribution in [3.63, 3.8) is 0 Å². The lowest BCUT2D eigenvalue weighted by Gasteiger charge is -2.24. The van der Waals surface area contributed by atoms with Crippen LogP contribution in [-0.4, -0.2) is 30.4 Å². The highest BCUT2D eigenvalue weighted by Crippen LogP contribution is 2.29. The summed E-state index contributed by atoms with van der Waals surface area (Å²) in [6, 6.07) is 9.49. The van der Waals surface area contributed by atoms with Crippen molar-refractivity contribution in [2.45, 2.75) is 6.92 Å². The second-order valence-electron chi connectivity index (χ2n) is 5.38. The quantitative estimate of drug-likeness (QED) is 0.589. The van der Waals surface area contributed by atoms with Crippen molar-refractivity contribution in [1.82, 2.24) is 4.90 Å². The number of hydrogen-bond donors (Lipinski definition) is 0. The van der Waals surface area contributed by atoms with Crippen molar-refractivity contribution in [3.05, 3.63) is 58.2 Å². The van der Waals surface area contributed by atoms with Crippen LogP contribution < -0.4 is 4.74 Å². The van der Waals surface area contributed by atoms with Crippen LogP contribution in [0.4, 0.5) is 0 Å². The third-order valence-electron chi connectivity index (χ3n) is 3.93. The van der Waals surface area contributed by atoms with Crippen LogP contribution in [0.3, 0.4) is 0 Å². The van der Waals surface area contributed by atoms with Crippen molar-refractivity contribution in [3.8, 4) is 11.8 Å². The van der Waals surface area contributed by atoms with E-state index in [1.165, 1.54) is 7.05 Å². The SMILES string of the molecule is CC1=C(C#N)C(=O)N(C)C(=O)/C1=C\C1=Cc2ccccc2OC1. The van der Waals surface area contributed by atoms with Crippen LogP contribution in [-0.2, 0) is 9.59 Å². The molecule has 0 saturated heterocycles. The van der Waals surface area contributed by atoms with Crippen molar-refractivity contribution in [1.29, 1.82) is 5.26 Å². The monoisotopic (exact) mass is 306 g/mol. The molecule has 0 atom stereocenters. The van der Waals surface area contributed by atoms with E-state index in [2.05, 4.69) is 0 Å². The van der Waals surface area contributed by atoms with E-state index in [0.29, 0.717) is 17.8 Å². The van der Waals surface area contributed by atoms with Gasteiger partial charge in [0.25, 0.3) is 11.8 Å². The molecule has 2 amide bonds. The molecular weight excluding hydrogens is 292 g/mol. The Bertz CT molecular complexity index is 853. The van der Waals surface area contributed by atoms with E-state index < -0.39 is 11.8 Å². The molecule has 0 bridgehead atoms. The molecule has 5 heteroatoms. The molecule has 0 aromatic heterocycles. The van der Waals surface area contributed by atoms with E-state index in [1.807, 2.05) is 36.4 Å². The molecule has 3 rings (SSSR count). The molecule has 0 aliphatic carbocycles. The molecule has 0 saturated carbocycles. The summed E-state index contributed by atoms with van der Waals surface area (Å²) in [5.41, 5.74) is 2.49. The smallest absolute Gasteiger partial charge is 0.271 e. The number of ether oxygens (including phenoxy) is 1. The molecule has 0 radical (unpaired) electrons. The van der Waals surface area contributed by atoms with Gasteiger partial charge >= 0.3 is 0 Å². The van der Waals surface area contributed by atoms with Crippen LogP contribution >= 0.6 is 0 Å². The van der Waals surface area contributed by atoms with E-state index in [-0.39, 0.29) is 5.57 Å². The van der Waals surface area contributed by atoms with Gasteiger partial charge in [-0.3, -0.25) is 14.5 Å². The van der Waals surface area contributed by atoms with E-state index in [1.54, 1.807) is 13.0 Å². The molecule has 23 heavy (non-hydrogen) atoms. The number of fused-ring (bicyclic) bond motifs is 1. The third kappa shape index (κ3) is 2.44. The first-order chi connectivity index (χ1) is 11.0. The van der Waals surface area contributed by atoms with Crippen LogP contribution in [0.15, 0.2) is 52.6 Å². The first-order valence-corrected chi connectivity index (χ1v) is 7.10. The summed E-state index contributed by atoms with van der Waals surface area (Å²) in [7, 11) is 1.38. The van der Waals surface area contributed by atoms with Crippen LogP contribution in [0.2, 0.25) is 0 Å². The summed E-state index contributed by atoms with van der Waals surface area (Å²) < 4.78 is 5.66. The number of carbonyl (C=O) groups excluding carboxylic acids is 2. The largest absolute Gasteiger partial charge is 0.488 e.